The summed E-state index contributed by atoms with van der Waals surface area (Å²) in [5, 5.41) is 3.17. The van der Waals surface area contributed by atoms with Crippen molar-refractivity contribution in [2.24, 2.45) is 0 Å². The van der Waals surface area contributed by atoms with Crippen LogP contribution in [0.4, 0.5) is 10.2 Å². The summed E-state index contributed by atoms with van der Waals surface area (Å²) < 4.78 is 14.2. The minimum atomic E-state index is -0.668. The average molecular weight is 339 g/mol. The molecule has 1 atom stereocenters. The molecule has 1 aromatic carbocycles. The van der Waals surface area contributed by atoms with Crippen molar-refractivity contribution in [2.45, 2.75) is 37.1 Å². The number of pyridine rings is 1. The van der Waals surface area contributed by atoms with E-state index in [0.29, 0.717) is 5.56 Å². The van der Waals surface area contributed by atoms with Crippen molar-refractivity contribution in [3.8, 4) is 0 Å². The van der Waals surface area contributed by atoms with Crippen LogP contribution in [0.3, 0.4) is 0 Å². The van der Waals surface area contributed by atoms with Crippen molar-refractivity contribution >= 4 is 11.7 Å². The lowest BCUT2D eigenvalue weighted by Crippen LogP contribution is -2.50. The van der Waals surface area contributed by atoms with Gasteiger partial charge in [0.05, 0.1) is 5.41 Å². The molecular formula is C20H22FN3O. The lowest BCUT2D eigenvalue weighted by atomic mass is 9.93. The number of halogens is 1. The van der Waals surface area contributed by atoms with E-state index in [1.54, 1.807) is 24.4 Å². The second-order valence-electron chi connectivity index (χ2n) is 7.01. The first-order chi connectivity index (χ1) is 12.2. The molecule has 1 N–H and O–H groups in total. The van der Waals surface area contributed by atoms with E-state index in [1.165, 1.54) is 6.07 Å². The number of nitrogens with zero attached hydrogens (tertiary/aromatic N) is 2. The maximum absolute atomic E-state index is 14.2. The van der Waals surface area contributed by atoms with Gasteiger partial charge in [-0.25, -0.2) is 9.37 Å². The normalized spacial score (nSPS) is 21.6. The average Bonchev–Trinajstić information content (AvgIpc) is 3.45. The van der Waals surface area contributed by atoms with Gasteiger partial charge in [0.15, 0.2) is 0 Å². The highest BCUT2D eigenvalue weighted by Gasteiger charge is 2.53. The fraction of sp³-hybridized carbons (Fsp3) is 0.400. The van der Waals surface area contributed by atoms with Gasteiger partial charge < -0.3 is 10.2 Å². The Bertz CT molecular complexity index is 761. The largest absolute Gasteiger partial charge is 0.355 e. The van der Waals surface area contributed by atoms with Crippen molar-refractivity contribution < 1.29 is 9.18 Å². The Kier molecular flexibility index (Phi) is 4.15. The van der Waals surface area contributed by atoms with Gasteiger partial charge in [0.2, 0.25) is 5.91 Å². The molecule has 1 aliphatic heterocycles. The molecule has 130 valence electrons. The van der Waals surface area contributed by atoms with Gasteiger partial charge in [0.25, 0.3) is 0 Å². The molecule has 5 heteroatoms. The number of piperidine rings is 1. The Morgan fingerprint density at radius 3 is 2.72 bits per heavy atom. The second kappa shape index (κ2) is 6.47. The molecule has 0 radical (unpaired) electrons. The van der Waals surface area contributed by atoms with E-state index >= 15 is 0 Å². The molecule has 4 nitrogen and oxygen atoms in total. The fourth-order valence-corrected chi connectivity index (χ4v) is 3.76. The number of amides is 1. The van der Waals surface area contributed by atoms with E-state index in [-0.39, 0.29) is 17.8 Å². The summed E-state index contributed by atoms with van der Waals surface area (Å²) in [4.78, 5) is 19.5. The topological polar surface area (TPSA) is 45.2 Å². The lowest BCUT2D eigenvalue weighted by molar-refractivity contribution is -0.124. The van der Waals surface area contributed by atoms with Crippen LogP contribution in [0.15, 0.2) is 48.7 Å². The summed E-state index contributed by atoms with van der Waals surface area (Å²) in [6.45, 7) is 1.69. The van der Waals surface area contributed by atoms with Gasteiger partial charge in [0, 0.05) is 30.9 Å². The Morgan fingerprint density at radius 2 is 2.00 bits per heavy atom. The van der Waals surface area contributed by atoms with Gasteiger partial charge in [0.1, 0.15) is 11.6 Å². The molecule has 1 saturated carbocycles. The number of carbonyl (C=O) groups excluding carboxylic acids is 1. The third-order valence-corrected chi connectivity index (χ3v) is 5.30. The molecule has 0 spiro atoms. The van der Waals surface area contributed by atoms with Crippen molar-refractivity contribution in [3.63, 3.8) is 0 Å². The highest BCUT2D eigenvalue weighted by atomic mass is 19.1. The highest BCUT2D eigenvalue weighted by Crippen LogP contribution is 2.49. The molecule has 4 rings (SSSR count). The Balaban J connectivity index is 1.45. The maximum Gasteiger partial charge on any atom is 0.231 e. The van der Waals surface area contributed by atoms with Crippen LogP contribution >= 0.6 is 0 Å². The number of hydrogen-bond acceptors (Lipinski definition) is 3. The summed E-state index contributed by atoms with van der Waals surface area (Å²) in [5.41, 5.74) is -0.136. The number of nitrogens with one attached hydrogen (secondary N) is 1. The fourth-order valence-electron chi connectivity index (χ4n) is 3.76. The Morgan fingerprint density at radius 1 is 1.20 bits per heavy atom. The van der Waals surface area contributed by atoms with Crippen LogP contribution in [0.1, 0.15) is 31.2 Å². The monoisotopic (exact) mass is 339 g/mol. The van der Waals surface area contributed by atoms with Crippen LogP contribution in [0.25, 0.3) is 0 Å². The van der Waals surface area contributed by atoms with Crippen LogP contribution < -0.4 is 10.2 Å². The maximum atomic E-state index is 14.2. The van der Waals surface area contributed by atoms with Crippen LogP contribution in [0.5, 0.6) is 0 Å². The van der Waals surface area contributed by atoms with E-state index in [1.807, 2.05) is 18.2 Å². The van der Waals surface area contributed by atoms with Gasteiger partial charge in [-0.1, -0.05) is 24.3 Å². The first kappa shape index (κ1) is 16.1. The SMILES string of the molecule is O=C(N[C@@H]1CCCN(c2ccccn2)C1)C1(c2ccccc2F)CC1. The number of hydrogen-bond donors (Lipinski definition) is 1. The van der Waals surface area contributed by atoms with Gasteiger partial charge in [-0.3, -0.25) is 4.79 Å². The molecule has 2 aliphatic rings. The molecule has 25 heavy (non-hydrogen) atoms. The lowest BCUT2D eigenvalue weighted by Gasteiger charge is -2.34. The molecule has 2 fully saturated rings. The molecule has 1 aliphatic carbocycles. The molecule has 0 unspecified atom stereocenters. The molecular weight excluding hydrogens is 317 g/mol. The van der Waals surface area contributed by atoms with Gasteiger partial charge >= 0.3 is 0 Å². The predicted molar refractivity (Wildman–Crippen MR) is 94.9 cm³/mol. The predicted octanol–water partition coefficient (Wildman–Crippen LogP) is 3.04. The third kappa shape index (κ3) is 3.11. The van der Waals surface area contributed by atoms with Crippen LogP contribution in [-0.4, -0.2) is 30.0 Å². The second-order valence-corrected chi connectivity index (χ2v) is 7.01. The standard InChI is InChI=1S/C20H22FN3O/c21-17-8-2-1-7-16(17)20(10-11-20)19(25)23-15-6-5-13-24(14-15)18-9-3-4-12-22-18/h1-4,7-9,12,15H,5-6,10-11,13-14H2,(H,23,25)/t15-/m1/s1. The molecule has 1 amide bonds. The van der Waals surface area contributed by atoms with Crippen molar-refractivity contribution in [1.82, 2.24) is 10.3 Å². The summed E-state index contributed by atoms with van der Waals surface area (Å²) in [6, 6.07) is 12.6. The number of aromatic nitrogens is 1. The smallest absolute Gasteiger partial charge is 0.231 e. The molecule has 2 heterocycles. The summed E-state index contributed by atoms with van der Waals surface area (Å²) in [6.07, 6.45) is 5.18. The zero-order chi connectivity index (χ0) is 17.3. The zero-order valence-corrected chi connectivity index (χ0v) is 14.1. The minimum Gasteiger partial charge on any atom is -0.355 e. The Labute approximate surface area is 147 Å². The highest BCUT2D eigenvalue weighted by molar-refractivity contribution is 5.91. The Hall–Kier alpha value is -2.43. The van der Waals surface area contributed by atoms with E-state index < -0.39 is 5.41 Å². The molecule has 2 aromatic rings. The minimum absolute atomic E-state index is 0.0366. The van der Waals surface area contributed by atoms with E-state index in [0.717, 1.165) is 44.6 Å². The zero-order valence-electron chi connectivity index (χ0n) is 14.1. The van der Waals surface area contributed by atoms with Crippen molar-refractivity contribution in [3.05, 3.63) is 60.0 Å². The number of rotatable bonds is 4. The molecule has 1 saturated heterocycles. The van der Waals surface area contributed by atoms with Gasteiger partial charge in [-0.2, -0.15) is 0 Å². The summed E-state index contributed by atoms with van der Waals surface area (Å²) in [7, 11) is 0. The van der Waals surface area contributed by atoms with Crippen molar-refractivity contribution in [2.75, 3.05) is 18.0 Å². The molecule has 1 aromatic heterocycles. The number of benzene rings is 1. The van der Waals surface area contributed by atoms with E-state index in [9.17, 15) is 9.18 Å². The van der Waals surface area contributed by atoms with Crippen LogP contribution in [-0.2, 0) is 10.2 Å². The first-order valence-electron chi connectivity index (χ1n) is 8.91. The van der Waals surface area contributed by atoms with Gasteiger partial charge in [-0.05, 0) is 43.9 Å². The van der Waals surface area contributed by atoms with E-state index in [4.69, 9.17) is 0 Å². The van der Waals surface area contributed by atoms with Crippen LogP contribution in [0.2, 0.25) is 0 Å². The van der Waals surface area contributed by atoms with E-state index in [2.05, 4.69) is 15.2 Å². The quantitative estimate of drug-likeness (QED) is 0.931. The van der Waals surface area contributed by atoms with Crippen molar-refractivity contribution in [1.29, 1.82) is 0 Å². The number of carbonyl (C=O) groups is 1. The van der Waals surface area contributed by atoms with Gasteiger partial charge in [-0.15, -0.1) is 0 Å². The third-order valence-electron chi connectivity index (χ3n) is 5.30. The summed E-state index contributed by atoms with van der Waals surface area (Å²) >= 11 is 0. The summed E-state index contributed by atoms with van der Waals surface area (Å²) in [5.74, 6) is 0.621. The first-order valence-corrected chi connectivity index (χ1v) is 8.91. The van der Waals surface area contributed by atoms with Crippen LogP contribution in [0, 0.1) is 5.82 Å². The molecule has 0 bridgehead atoms. The number of anilines is 1.